The Bertz CT molecular complexity index is 812. The Morgan fingerprint density at radius 1 is 0.750 bits per heavy atom. The molecule has 0 aliphatic carbocycles. The molecule has 0 heterocycles. The molecular weight excluding hydrogens is 472 g/mol. The number of carbonyl (C=O) groups is 7. The van der Waals surface area contributed by atoms with Crippen molar-refractivity contribution < 1.29 is 38.7 Å². The van der Waals surface area contributed by atoms with Gasteiger partial charge < -0.3 is 26.4 Å². The molecule has 0 unspecified atom stereocenters. The van der Waals surface area contributed by atoms with Crippen LogP contribution in [0.2, 0.25) is 0 Å². The lowest BCUT2D eigenvalue weighted by molar-refractivity contribution is -0.138. The first kappa shape index (κ1) is 32.8. The highest BCUT2D eigenvalue weighted by atomic mass is 16.4. The van der Waals surface area contributed by atoms with E-state index < -0.39 is 48.0 Å². The summed E-state index contributed by atoms with van der Waals surface area (Å²) < 4.78 is 0. The normalized spacial score (nSPS) is 13.3. The van der Waals surface area contributed by atoms with Gasteiger partial charge in [0.25, 0.3) is 0 Å². The molecule has 0 saturated carbocycles. The van der Waals surface area contributed by atoms with Gasteiger partial charge in [-0.05, 0) is 26.3 Å². The van der Waals surface area contributed by atoms with Crippen LogP contribution in [0, 0.1) is 11.8 Å². The van der Waals surface area contributed by atoms with Gasteiger partial charge in [0.15, 0.2) is 11.6 Å². The van der Waals surface area contributed by atoms with Gasteiger partial charge in [0.05, 0.1) is 18.6 Å². The second-order valence-electron chi connectivity index (χ2n) is 9.22. The molecule has 3 amide bonds. The Morgan fingerprint density at radius 2 is 1.33 bits per heavy atom. The van der Waals surface area contributed by atoms with Gasteiger partial charge in [-0.25, -0.2) is 0 Å². The lowest BCUT2D eigenvalue weighted by atomic mass is 9.98. The molecule has 0 aromatic heterocycles. The summed E-state index contributed by atoms with van der Waals surface area (Å²) in [5.41, 5.74) is 0. The third-order valence-electron chi connectivity index (χ3n) is 5.38. The monoisotopic (exact) mass is 512 g/mol. The van der Waals surface area contributed by atoms with Crippen LogP contribution < -0.4 is 21.3 Å². The number of hydrogen-bond donors (Lipinski definition) is 5. The molecule has 5 N–H and O–H groups in total. The number of nitrogens with one attached hydrogen (secondary N) is 4. The fourth-order valence-electron chi connectivity index (χ4n) is 3.27. The fraction of sp³-hybridized carbons (Fsp3) is 0.708. The molecule has 0 aromatic rings. The maximum atomic E-state index is 12.2. The average Bonchev–Trinajstić information content (AvgIpc) is 2.80. The Hall–Kier alpha value is -3.15. The summed E-state index contributed by atoms with van der Waals surface area (Å²) in [6.07, 6.45) is 0.176. The zero-order valence-electron chi connectivity index (χ0n) is 21.8. The van der Waals surface area contributed by atoms with Crippen LogP contribution in [-0.2, 0) is 33.6 Å². The molecule has 0 bridgehead atoms. The number of Topliss-reactive ketones (excluding diaryl/α,β-unsaturated/α-hetero) is 3. The summed E-state index contributed by atoms with van der Waals surface area (Å²) in [4.78, 5) is 82.6. The van der Waals surface area contributed by atoms with Crippen LogP contribution >= 0.6 is 0 Å². The number of carboxylic acid groups (broad SMARTS) is 1. The number of carbonyl (C=O) groups excluding carboxylic acids is 6. The lowest BCUT2D eigenvalue weighted by Gasteiger charge is -2.17. The molecule has 0 spiro atoms. The van der Waals surface area contributed by atoms with E-state index in [1.54, 1.807) is 7.05 Å². The third kappa shape index (κ3) is 15.0. The van der Waals surface area contributed by atoms with E-state index in [2.05, 4.69) is 21.3 Å². The Labute approximate surface area is 211 Å². The minimum Gasteiger partial charge on any atom is -0.480 e. The second kappa shape index (κ2) is 17.3. The van der Waals surface area contributed by atoms with Crippen LogP contribution in [0.3, 0.4) is 0 Å². The maximum Gasteiger partial charge on any atom is 0.322 e. The van der Waals surface area contributed by atoms with Crippen molar-refractivity contribution in [2.24, 2.45) is 11.8 Å². The molecule has 3 atom stereocenters. The Balaban J connectivity index is 4.28. The average molecular weight is 513 g/mol. The first-order chi connectivity index (χ1) is 16.8. The van der Waals surface area contributed by atoms with Crippen LogP contribution in [0.15, 0.2) is 0 Å². The smallest absolute Gasteiger partial charge is 0.322 e. The number of rotatable bonds is 19. The van der Waals surface area contributed by atoms with E-state index in [4.69, 9.17) is 5.11 Å². The molecular formula is C24H40N4O8. The van der Waals surface area contributed by atoms with Crippen molar-refractivity contribution in [2.45, 2.75) is 78.3 Å². The molecule has 0 saturated heterocycles. The highest BCUT2D eigenvalue weighted by Crippen LogP contribution is 2.08. The highest BCUT2D eigenvalue weighted by molar-refractivity contribution is 5.94. The van der Waals surface area contributed by atoms with Crippen molar-refractivity contribution >= 4 is 41.0 Å². The number of hydrogen-bond acceptors (Lipinski definition) is 8. The van der Waals surface area contributed by atoms with E-state index in [0.717, 1.165) is 0 Å². The first-order valence-corrected chi connectivity index (χ1v) is 12.1. The van der Waals surface area contributed by atoms with E-state index >= 15 is 0 Å². The van der Waals surface area contributed by atoms with E-state index in [-0.39, 0.29) is 56.3 Å². The van der Waals surface area contributed by atoms with Crippen LogP contribution in [0.4, 0.5) is 0 Å². The molecule has 0 fully saturated rings. The summed E-state index contributed by atoms with van der Waals surface area (Å²) in [5.74, 6) is -4.03. The number of carboxylic acids is 1. The summed E-state index contributed by atoms with van der Waals surface area (Å²) in [6.45, 7) is 6.09. The molecule has 0 aliphatic rings. The van der Waals surface area contributed by atoms with Gasteiger partial charge in [0.1, 0.15) is 12.3 Å². The zero-order valence-corrected chi connectivity index (χ0v) is 21.8. The van der Waals surface area contributed by atoms with Gasteiger partial charge >= 0.3 is 5.97 Å². The van der Waals surface area contributed by atoms with Gasteiger partial charge in [-0.3, -0.25) is 33.6 Å². The summed E-state index contributed by atoms with van der Waals surface area (Å²) >= 11 is 0. The third-order valence-corrected chi connectivity index (χ3v) is 5.38. The van der Waals surface area contributed by atoms with E-state index in [9.17, 15) is 33.6 Å². The minimum absolute atomic E-state index is 0.0396. The molecule has 0 aliphatic heterocycles. The lowest BCUT2D eigenvalue weighted by Crippen LogP contribution is -2.40. The van der Waals surface area contributed by atoms with Gasteiger partial charge in [-0.15, -0.1) is 0 Å². The van der Waals surface area contributed by atoms with Crippen molar-refractivity contribution in [1.82, 2.24) is 21.3 Å². The van der Waals surface area contributed by atoms with Gasteiger partial charge in [-0.1, -0.05) is 20.8 Å². The van der Waals surface area contributed by atoms with E-state index in [1.807, 2.05) is 13.8 Å². The van der Waals surface area contributed by atoms with Crippen molar-refractivity contribution in [1.29, 1.82) is 0 Å². The number of aliphatic carboxylic acids is 1. The Morgan fingerprint density at radius 3 is 1.89 bits per heavy atom. The topological polar surface area (TPSA) is 188 Å². The molecule has 0 aromatic carbocycles. The predicted octanol–water partition coefficient (Wildman–Crippen LogP) is -0.264. The maximum absolute atomic E-state index is 12.2. The van der Waals surface area contributed by atoms with Gasteiger partial charge in [0, 0.05) is 38.0 Å². The predicted molar refractivity (Wildman–Crippen MR) is 131 cm³/mol. The minimum atomic E-state index is -1.20. The Kier molecular flexibility index (Phi) is 15.8. The van der Waals surface area contributed by atoms with Crippen LogP contribution in [-0.4, -0.2) is 78.4 Å². The van der Waals surface area contributed by atoms with Crippen LogP contribution in [0.1, 0.15) is 66.2 Å². The zero-order chi connectivity index (χ0) is 27.8. The SMILES string of the molecule is CN[C@@H](CC(C)C)C(=O)CCC(=O)N[C@@H](C)C(=O)CCC(=O)NCC(=O)C[C@@H](C)C(=O)NCC(=O)O. The first-order valence-electron chi connectivity index (χ1n) is 12.1. The molecule has 0 radical (unpaired) electrons. The van der Waals surface area contributed by atoms with E-state index in [1.165, 1.54) is 13.8 Å². The van der Waals surface area contributed by atoms with Crippen LogP contribution in [0.25, 0.3) is 0 Å². The largest absolute Gasteiger partial charge is 0.480 e. The van der Waals surface area contributed by atoms with Crippen LogP contribution in [0.5, 0.6) is 0 Å². The number of likely N-dealkylation sites (N-methyl/N-ethyl adjacent to an activating group) is 1. The van der Waals surface area contributed by atoms with Crippen molar-refractivity contribution in [3.8, 4) is 0 Å². The quantitative estimate of drug-likeness (QED) is 0.155. The van der Waals surface area contributed by atoms with Crippen molar-refractivity contribution in [3.63, 3.8) is 0 Å². The van der Waals surface area contributed by atoms with E-state index in [0.29, 0.717) is 12.3 Å². The molecule has 36 heavy (non-hydrogen) atoms. The molecule has 12 heteroatoms. The molecule has 204 valence electrons. The summed E-state index contributed by atoms with van der Waals surface area (Å²) in [7, 11) is 1.70. The van der Waals surface area contributed by atoms with Crippen molar-refractivity contribution in [2.75, 3.05) is 20.1 Å². The summed E-state index contributed by atoms with van der Waals surface area (Å²) in [6, 6.07) is -1.15. The second-order valence-corrected chi connectivity index (χ2v) is 9.22. The molecule has 0 rings (SSSR count). The highest BCUT2D eigenvalue weighted by Gasteiger charge is 2.21. The number of ketones is 3. The van der Waals surface area contributed by atoms with Gasteiger partial charge in [-0.2, -0.15) is 0 Å². The summed E-state index contributed by atoms with van der Waals surface area (Å²) in [5, 5.41) is 18.6. The number of amides is 3. The standard InChI is InChI=1S/C24H40N4O8/c1-14(2)10-18(25-5)20(31)7-9-22(33)28-16(4)19(30)6-8-21(32)26-12-17(29)11-15(3)24(36)27-13-23(34)35/h14-16,18,25H,6-13H2,1-5H3,(H,26,32)(H,27,36)(H,28,33)(H,34,35)/t15-,16+,18+/m1/s1. The van der Waals surface area contributed by atoms with Gasteiger partial charge in [0.2, 0.25) is 17.7 Å². The van der Waals surface area contributed by atoms with Crippen molar-refractivity contribution in [3.05, 3.63) is 0 Å². The fourth-order valence-corrected chi connectivity index (χ4v) is 3.27. The molecule has 12 nitrogen and oxygen atoms in total.